The third-order valence-electron chi connectivity index (χ3n) is 4.34. The van der Waals surface area contributed by atoms with Gasteiger partial charge in [-0.25, -0.2) is 0 Å². The topological polar surface area (TPSA) is 38.5 Å². The van der Waals surface area contributed by atoms with Crippen molar-refractivity contribution in [1.29, 1.82) is 0 Å². The summed E-state index contributed by atoms with van der Waals surface area (Å²) in [6.07, 6.45) is 3.51. The predicted octanol–water partition coefficient (Wildman–Crippen LogP) is 1.82. The Balaban J connectivity index is 1.87. The number of nitrogens with two attached hydrogens (primary N) is 1. The number of likely N-dealkylation sites (tertiary alicyclic amines) is 1. The molecule has 4 heteroatoms. The number of benzene rings is 1. The fraction of sp³-hybridized carbons (Fsp3) is 0.529. The van der Waals surface area contributed by atoms with Crippen molar-refractivity contribution < 1.29 is 4.74 Å². The first-order chi connectivity index (χ1) is 10.0. The van der Waals surface area contributed by atoms with Gasteiger partial charge in [0.05, 0.1) is 0 Å². The largest absolute Gasteiger partial charge is 0.487 e. The molecule has 0 saturated carbocycles. The Hall–Kier alpha value is -1.42. The summed E-state index contributed by atoms with van der Waals surface area (Å²) in [6, 6.07) is 4.35. The van der Waals surface area contributed by atoms with Crippen LogP contribution in [-0.2, 0) is 6.42 Å². The molecule has 21 heavy (non-hydrogen) atoms. The molecule has 1 fully saturated rings. The van der Waals surface area contributed by atoms with Crippen molar-refractivity contribution in [3.63, 3.8) is 0 Å². The van der Waals surface area contributed by atoms with E-state index in [9.17, 15) is 0 Å². The summed E-state index contributed by atoms with van der Waals surface area (Å²) in [6.45, 7) is 11.1. The smallest absolute Gasteiger partial charge is 0.124 e. The molecule has 0 bridgehead atoms. The average Bonchev–Trinajstić information content (AvgIpc) is 2.39. The highest BCUT2D eigenvalue weighted by atomic mass is 16.5. The number of hydrogen-bond donors (Lipinski definition) is 1. The van der Waals surface area contributed by atoms with Crippen molar-refractivity contribution in [2.45, 2.75) is 39.1 Å². The zero-order valence-corrected chi connectivity index (χ0v) is 13.6. The summed E-state index contributed by atoms with van der Waals surface area (Å²) in [5.74, 6) is 1.04. The summed E-state index contributed by atoms with van der Waals surface area (Å²) in [5, 5.41) is 0. The maximum absolute atomic E-state index is 6.14. The van der Waals surface area contributed by atoms with Gasteiger partial charge >= 0.3 is 0 Å². The van der Waals surface area contributed by atoms with Gasteiger partial charge in [-0.3, -0.25) is 4.90 Å². The summed E-state index contributed by atoms with van der Waals surface area (Å²) < 4.78 is 6.14. The zero-order valence-electron chi connectivity index (χ0n) is 13.6. The van der Waals surface area contributed by atoms with Crippen molar-refractivity contribution in [2.24, 2.45) is 5.73 Å². The quantitative estimate of drug-likeness (QED) is 0.777. The van der Waals surface area contributed by atoms with Gasteiger partial charge < -0.3 is 10.5 Å². The van der Waals surface area contributed by atoms with E-state index in [0.717, 1.165) is 43.9 Å². The van der Waals surface area contributed by atoms with E-state index in [0.29, 0.717) is 6.10 Å². The number of aryl methyl sites for hydroxylation is 1. The molecule has 1 aliphatic heterocycles. The SMILES string of the molecule is BCCc1ccc(OC2CN(CCC(=C)N)C2)c(C)c1C. The Bertz CT molecular complexity index is 510. The Morgan fingerprint density at radius 2 is 2.10 bits per heavy atom. The van der Waals surface area contributed by atoms with E-state index in [1.54, 1.807) is 0 Å². The van der Waals surface area contributed by atoms with Gasteiger partial charge in [-0.15, -0.1) is 0 Å². The van der Waals surface area contributed by atoms with Crippen LogP contribution in [-0.4, -0.2) is 38.5 Å². The van der Waals surface area contributed by atoms with Crippen LogP contribution in [0.2, 0.25) is 6.32 Å². The first kappa shape index (κ1) is 16.0. The number of hydrogen-bond acceptors (Lipinski definition) is 3. The standard InChI is InChI=1S/C17H27BN2O/c1-12(19)7-9-20-10-16(11-20)21-17-5-4-15(6-8-18)13(2)14(17)3/h4-5,16H,1,6-11,18-19H2,2-3H3. The maximum Gasteiger partial charge on any atom is 0.124 e. The van der Waals surface area contributed by atoms with Crippen LogP contribution in [0.5, 0.6) is 5.75 Å². The molecule has 0 unspecified atom stereocenters. The number of ether oxygens (including phenoxy) is 1. The summed E-state index contributed by atoms with van der Waals surface area (Å²) >= 11 is 0. The Morgan fingerprint density at radius 1 is 1.38 bits per heavy atom. The van der Waals surface area contributed by atoms with Crippen LogP contribution in [0.25, 0.3) is 0 Å². The lowest BCUT2D eigenvalue weighted by atomic mass is 9.92. The third kappa shape index (κ3) is 4.04. The van der Waals surface area contributed by atoms with Crippen molar-refractivity contribution in [3.8, 4) is 5.75 Å². The molecular weight excluding hydrogens is 259 g/mol. The average molecular weight is 286 g/mol. The van der Waals surface area contributed by atoms with Crippen LogP contribution in [0.15, 0.2) is 24.4 Å². The fourth-order valence-corrected chi connectivity index (χ4v) is 2.78. The first-order valence-electron chi connectivity index (χ1n) is 7.92. The van der Waals surface area contributed by atoms with E-state index in [2.05, 4.69) is 45.3 Å². The molecular formula is C17H27BN2O. The lowest BCUT2D eigenvalue weighted by Crippen LogP contribution is -2.54. The van der Waals surface area contributed by atoms with Gasteiger partial charge in [-0.2, -0.15) is 0 Å². The minimum Gasteiger partial charge on any atom is -0.487 e. The van der Waals surface area contributed by atoms with E-state index in [1.807, 2.05) is 0 Å². The van der Waals surface area contributed by atoms with E-state index in [1.165, 1.54) is 23.0 Å². The van der Waals surface area contributed by atoms with Gasteiger partial charge in [-0.05, 0) is 49.4 Å². The Kier molecular flexibility index (Phi) is 5.35. The minimum absolute atomic E-state index is 0.311. The molecule has 3 nitrogen and oxygen atoms in total. The second-order valence-corrected chi connectivity index (χ2v) is 6.13. The van der Waals surface area contributed by atoms with Crippen molar-refractivity contribution in [2.75, 3.05) is 19.6 Å². The highest BCUT2D eigenvalue weighted by molar-refractivity contribution is 6.08. The molecule has 0 aliphatic carbocycles. The minimum atomic E-state index is 0.311. The van der Waals surface area contributed by atoms with Crippen LogP contribution >= 0.6 is 0 Å². The molecule has 0 atom stereocenters. The summed E-state index contributed by atoms with van der Waals surface area (Å²) in [5.41, 5.74) is 10.5. The Morgan fingerprint density at radius 3 is 2.71 bits per heavy atom. The molecule has 0 amide bonds. The van der Waals surface area contributed by atoms with E-state index in [-0.39, 0.29) is 0 Å². The molecule has 1 aromatic carbocycles. The van der Waals surface area contributed by atoms with Crippen LogP contribution < -0.4 is 10.5 Å². The van der Waals surface area contributed by atoms with E-state index in [4.69, 9.17) is 10.5 Å². The zero-order chi connectivity index (χ0) is 15.4. The third-order valence-corrected chi connectivity index (χ3v) is 4.34. The molecule has 1 aliphatic rings. The van der Waals surface area contributed by atoms with Gasteiger partial charge in [-0.1, -0.05) is 19.0 Å². The molecule has 2 N–H and O–H groups in total. The van der Waals surface area contributed by atoms with Crippen LogP contribution in [0.4, 0.5) is 0 Å². The lowest BCUT2D eigenvalue weighted by Gasteiger charge is -2.39. The summed E-state index contributed by atoms with van der Waals surface area (Å²) in [4.78, 5) is 2.36. The summed E-state index contributed by atoms with van der Waals surface area (Å²) in [7, 11) is 2.22. The van der Waals surface area contributed by atoms with Gasteiger partial charge in [0.25, 0.3) is 0 Å². The second-order valence-electron chi connectivity index (χ2n) is 6.13. The van der Waals surface area contributed by atoms with Crippen molar-refractivity contribution >= 4 is 7.85 Å². The lowest BCUT2D eigenvalue weighted by molar-refractivity contribution is 0.0204. The predicted molar refractivity (Wildman–Crippen MR) is 91.8 cm³/mol. The molecule has 2 rings (SSSR count). The van der Waals surface area contributed by atoms with Crippen LogP contribution in [0.3, 0.4) is 0 Å². The molecule has 0 radical (unpaired) electrons. The Labute approximate surface area is 129 Å². The maximum atomic E-state index is 6.14. The van der Waals surface area contributed by atoms with Crippen LogP contribution in [0, 0.1) is 13.8 Å². The van der Waals surface area contributed by atoms with Crippen LogP contribution in [0.1, 0.15) is 23.1 Å². The van der Waals surface area contributed by atoms with Gasteiger partial charge in [0.1, 0.15) is 19.7 Å². The molecule has 1 aromatic rings. The molecule has 0 spiro atoms. The highest BCUT2D eigenvalue weighted by Gasteiger charge is 2.28. The van der Waals surface area contributed by atoms with E-state index < -0.39 is 0 Å². The van der Waals surface area contributed by atoms with Gasteiger partial charge in [0, 0.05) is 25.3 Å². The fourth-order valence-electron chi connectivity index (χ4n) is 2.78. The molecule has 0 aromatic heterocycles. The van der Waals surface area contributed by atoms with Crippen molar-refractivity contribution in [3.05, 3.63) is 41.1 Å². The van der Waals surface area contributed by atoms with Crippen molar-refractivity contribution in [1.82, 2.24) is 4.90 Å². The van der Waals surface area contributed by atoms with Gasteiger partial charge in [0.2, 0.25) is 0 Å². The number of nitrogens with zero attached hydrogens (tertiary/aromatic N) is 1. The normalized spacial score (nSPS) is 15.7. The van der Waals surface area contributed by atoms with Gasteiger partial charge in [0.15, 0.2) is 0 Å². The number of rotatable bonds is 7. The monoisotopic (exact) mass is 286 g/mol. The first-order valence-corrected chi connectivity index (χ1v) is 7.92. The molecule has 1 heterocycles. The molecule has 114 valence electrons. The highest BCUT2D eigenvalue weighted by Crippen LogP contribution is 2.27. The van der Waals surface area contributed by atoms with E-state index >= 15 is 0 Å². The second kappa shape index (κ2) is 7.03. The molecule has 1 saturated heterocycles.